The van der Waals surface area contributed by atoms with E-state index in [-0.39, 0.29) is 5.78 Å². The Morgan fingerprint density at radius 3 is 2.87 bits per heavy atom. The Kier molecular flexibility index (Phi) is 5.39. The van der Waals surface area contributed by atoms with Crippen molar-refractivity contribution in [2.24, 2.45) is 0 Å². The average molecular weight is 339 g/mol. The van der Waals surface area contributed by atoms with Crippen LogP contribution in [0.2, 0.25) is 0 Å². The lowest BCUT2D eigenvalue weighted by atomic mass is 10.1. The quantitative estimate of drug-likeness (QED) is 0.467. The van der Waals surface area contributed by atoms with Crippen LogP contribution in [0.3, 0.4) is 0 Å². The van der Waals surface area contributed by atoms with E-state index < -0.39 is 0 Å². The van der Waals surface area contributed by atoms with Crippen LogP contribution in [0.25, 0.3) is 0 Å². The predicted molar refractivity (Wildman–Crippen MR) is 70.0 cm³/mol. The average Bonchev–Trinajstić information content (AvgIpc) is 2.25. The van der Waals surface area contributed by atoms with Gasteiger partial charge in [-0.1, -0.05) is 0 Å². The smallest absolute Gasteiger partial charge is 0.166 e. The molecule has 1 aromatic carbocycles. The van der Waals surface area contributed by atoms with Gasteiger partial charge in [-0.05, 0) is 47.2 Å². The molecule has 1 aromatic rings. The molecular weight excluding hydrogens is 326 g/mol. The first kappa shape index (κ1) is 12.8. The fourth-order valence-corrected chi connectivity index (χ4v) is 1.88. The largest absolute Gasteiger partial charge is 0.496 e. The minimum Gasteiger partial charge on any atom is -0.496 e. The van der Waals surface area contributed by atoms with Crippen LogP contribution in [-0.2, 0) is 0 Å². The third kappa shape index (κ3) is 3.65. The van der Waals surface area contributed by atoms with E-state index in [0.29, 0.717) is 30.0 Å². The van der Waals surface area contributed by atoms with Crippen LogP contribution in [0.4, 0.5) is 0 Å². The van der Waals surface area contributed by atoms with Crippen molar-refractivity contribution in [1.29, 1.82) is 0 Å². The molecule has 0 aliphatic carbocycles. The third-order valence-corrected chi connectivity index (χ3v) is 2.94. The van der Waals surface area contributed by atoms with Crippen molar-refractivity contribution in [2.75, 3.05) is 13.0 Å². The van der Waals surface area contributed by atoms with Crippen molar-refractivity contribution in [3.63, 3.8) is 0 Å². The number of hydrogen-bond acceptors (Lipinski definition) is 2. The van der Waals surface area contributed by atoms with Crippen LogP contribution < -0.4 is 4.74 Å². The molecule has 0 radical (unpaired) electrons. The van der Waals surface area contributed by atoms with E-state index in [2.05, 4.69) is 22.6 Å². The summed E-state index contributed by atoms with van der Waals surface area (Å²) in [6.45, 7) is 0. The van der Waals surface area contributed by atoms with Crippen molar-refractivity contribution in [3.05, 3.63) is 27.3 Å². The topological polar surface area (TPSA) is 26.3 Å². The Labute approximate surface area is 108 Å². The SMILES string of the molecule is COc1ccc(I)cc1C(=O)CCCCl. The van der Waals surface area contributed by atoms with Crippen molar-refractivity contribution in [2.45, 2.75) is 12.8 Å². The van der Waals surface area contributed by atoms with Gasteiger partial charge in [-0.25, -0.2) is 0 Å². The van der Waals surface area contributed by atoms with Gasteiger partial charge in [-0.3, -0.25) is 4.79 Å². The fourth-order valence-electron chi connectivity index (χ4n) is 1.26. The van der Waals surface area contributed by atoms with E-state index in [1.165, 1.54) is 0 Å². The van der Waals surface area contributed by atoms with Crippen molar-refractivity contribution < 1.29 is 9.53 Å². The van der Waals surface area contributed by atoms with Crippen molar-refractivity contribution >= 4 is 40.0 Å². The molecule has 4 heteroatoms. The normalized spacial score (nSPS) is 10.1. The van der Waals surface area contributed by atoms with E-state index in [1.54, 1.807) is 7.11 Å². The number of rotatable bonds is 5. The number of Topliss-reactive ketones (excluding diaryl/α,β-unsaturated/α-hetero) is 1. The number of carbonyl (C=O) groups excluding carboxylic acids is 1. The first-order valence-electron chi connectivity index (χ1n) is 4.61. The molecule has 0 heterocycles. The summed E-state index contributed by atoms with van der Waals surface area (Å²) >= 11 is 7.73. The van der Waals surface area contributed by atoms with Crippen molar-refractivity contribution in [3.8, 4) is 5.75 Å². The summed E-state index contributed by atoms with van der Waals surface area (Å²) in [5.41, 5.74) is 0.648. The summed E-state index contributed by atoms with van der Waals surface area (Å²) in [7, 11) is 1.57. The maximum Gasteiger partial charge on any atom is 0.166 e. The summed E-state index contributed by atoms with van der Waals surface area (Å²) in [5.74, 6) is 1.24. The highest BCUT2D eigenvalue weighted by Crippen LogP contribution is 2.22. The van der Waals surface area contributed by atoms with Gasteiger partial charge >= 0.3 is 0 Å². The molecule has 0 aliphatic rings. The zero-order valence-corrected chi connectivity index (χ0v) is 11.3. The minimum absolute atomic E-state index is 0.0889. The maximum atomic E-state index is 11.8. The highest BCUT2D eigenvalue weighted by Gasteiger charge is 2.11. The van der Waals surface area contributed by atoms with Crippen molar-refractivity contribution in [1.82, 2.24) is 0 Å². The Balaban J connectivity index is 2.90. The highest BCUT2D eigenvalue weighted by molar-refractivity contribution is 14.1. The molecule has 0 spiro atoms. The van der Waals surface area contributed by atoms with Gasteiger partial charge in [0.2, 0.25) is 0 Å². The van der Waals surface area contributed by atoms with Gasteiger partial charge in [-0.2, -0.15) is 0 Å². The Morgan fingerprint density at radius 1 is 1.53 bits per heavy atom. The molecule has 0 bridgehead atoms. The molecule has 0 saturated carbocycles. The lowest BCUT2D eigenvalue weighted by Gasteiger charge is -2.07. The zero-order valence-electron chi connectivity index (χ0n) is 8.43. The fraction of sp³-hybridized carbons (Fsp3) is 0.364. The molecule has 0 saturated heterocycles. The Hall–Kier alpha value is -0.290. The van der Waals surface area contributed by atoms with E-state index in [0.717, 1.165) is 3.57 Å². The molecule has 1 rings (SSSR count). The van der Waals surface area contributed by atoms with Crippen LogP contribution in [0.1, 0.15) is 23.2 Å². The third-order valence-electron chi connectivity index (χ3n) is 2.00. The number of ketones is 1. The number of carbonyl (C=O) groups is 1. The molecule has 0 unspecified atom stereocenters. The second kappa shape index (κ2) is 6.33. The van der Waals surface area contributed by atoms with E-state index in [1.807, 2.05) is 18.2 Å². The molecule has 0 fully saturated rings. The van der Waals surface area contributed by atoms with E-state index >= 15 is 0 Å². The first-order chi connectivity index (χ1) is 7.19. The monoisotopic (exact) mass is 338 g/mol. The van der Waals surface area contributed by atoms with Gasteiger partial charge in [-0.15, -0.1) is 11.6 Å². The summed E-state index contributed by atoms with van der Waals surface area (Å²) in [5, 5.41) is 0. The van der Waals surface area contributed by atoms with Gasteiger partial charge < -0.3 is 4.74 Å². The van der Waals surface area contributed by atoms with Gasteiger partial charge in [0.25, 0.3) is 0 Å². The molecule has 15 heavy (non-hydrogen) atoms. The zero-order chi connectivity index (χ0) is 11.3. The standard InChI is InChI=1S/C11H12ClIO2/c1-15-11-5-4-8(13)7-9(11)10(14)3-2-6-12/h4-5,7H,2-3,6H2,1H3. The van der Waals surface area contributed by atoms with Crippen LogP contribution >= 0.6 is 34.2 Å². The van der Waals surface area contributed by atoms with E-state index in [4.69, 9.17) is 16.3 Å². The number of methoxy groups -OCH3 is 1. The highest BCUT2D eigenvalue weighted by atomic mass is 127. The number of ether oxygens (including phenoxy) is 1. The van der Waals surface area contributed by atoms with Gasteiger partial charge in [0, 0.05) is 15.9 Å². The molecule has 0 aromatic heterocycles. The van der Waals surface area contributed by atoms with Crippen LogP contribution in [0.15, 0.2) is 18.2 Å². The number of benzene rings is 1. The molecular formula is C11H12ClIO2. The van der Waals surface area contributed by atoms with Gasteiger partial charge in [0.15, 0.2) is 5.78 Å². The second-order valence-corrected chi connectivity index (χ2v) is 4.68. The predicted octanol–water partition coefficient (Wildman–Crippen LogP) is 3.50. The summed E-state index contributed by atoms with van der Waals surface area (Å²) < 4.78 is 6.17. The summed E-state index contributed by atoms with van der Waals surface area (Å²) in [6.07, 6.45) is 1.18. The van der Waals surface area contributed by atoms with Gasteiger partial charge in [0.05, 0.1) is 12.7 Å². The lowest BCUT2D eigenvalue weighted by molar-refractivity contribution is 0.0979. The molecule has 2 nitrogen and oxygen atoms in total. The van der Waals surface area contributed by atoms with E-state index in [9.17, 15) is 4.79 Å². The minimum atomic E-state index is 0.0889. The van der Waals surface area contributed by atoms with Gasteiger partial charge in [0.1, 0.15) is 5.75 Å². The van der Waals surface area contributed by atoms with Crippen LogP contribution in [0.5, 0.6) is 5.75 Å². The molecule has 82 valence electrons. The first-order valence-corrected chi connectivity index (χ1v) is 6.23. The molecule has 0 N–H and O–H groups in total. The molecule has 0 aliphatic heterocycles. The number of alkyl halides is 1. The molecule has 0 amide bonds. The Bertz CT molecular complexity index is 352. The lowest BCUT2D eigenvalue weighted by Crippen LogP contribution is -2.03. The number of halogens is 2. The number of hydrogen-bond donors (Lipinski definition) is 0. The summed E-state index contributed by atoms with van der Waals surface area (Å²) in [6, 6.07) is 5.57. The molecule has 0 atom stereocenters. The second-order valence-electron chi connectivity index (χ2n) is 3.06. The summed E-state index contributed by atoms with van der Waals surface area (Å²) in [4.78, 5) is 11.8. The van der Waals surface area contributed by atoms with Crippen LogP contribution in [0, 0.1) is 3.57 Å². The maximum absolute atomic E-state index is 11.8. The van der Waals surface area contributed by atoms with Crippen LogP contribution in [-0.4, -0.2) is 18.8 Å². The Morgan fingerprint density at radius 2 is 2.27 bits per heavy atom.